The van der Waals surface area contributed by atoms with E-state index in [-0.39, 0.29) is 50.2 Å². The molecule has 0 bridgehead atoms. The molecule has 1 unspecified atom stereocenters. The van der Waals surface area contributed by atoms with E-state index in [1.54, 1.807) is 0 Å². The largest absolute Gasteiger partial charge is 0.396 e. The van der Waals surface area contributed by atoms with Crippen LogP contribution in [-0.4, -0.2) is 23.5 Å². The Labute approximate surface area is 137 Å². The van der Waals surface area contributed by atoms with Crippen LogP contribution in [0.4, 0.5) is 8.78 Å². The lowest BCUT2D eigenvalue weighted by molar-refractivity contribution is -0.130. The molecule has 0 aromatic heterocycles. The Balaban J connectivity index is 0.00000127. The summed E-state index contributed by atoms with van der Waals surface area (Å²) in [7, 11) is 0. The zero-order valence-corrected chi connectivity index (χ0v) is 13.9. The highest BCUT2D eigenvalue weighted by atomic mass is 19.3. The van der Waals surface area contributed by atoms with E-state index in [1.165, 1.54) is 0 Å². The number of nitrogens with one attached hydrogen (secondary N) is 1. The van der Waals surface area contributed by atoms with E-state index in [4.69, 9.17) is 5.11 Å². The molecule has 0 aliphatic heterocycles. The highest BCUT2D eigenvalue weighted by molar-refractivity contribution is 5.79. The number of amides is 1. The first-order chi connectivity index (χ1) is 11.0. The second-order valence-electron chi connectivity index (χ2n) is 5.61. The van der Waals surface area contributed by atoms with Gasteiger partial charge in [-0.05, 0) is 24.8 Å². The fourth-order valence-electron chi connectivity index (χ4n) is 2.73. The molecule has 23 heavy (non-hydrogen) atoms. The van der Waals surface area contributed by atoms with Crippen molar-refractivity contribution in [2.24, 2.45) is 5.92 Å². The Bertz CT molecular complexity index is 455. The zero-order chi connectivity index (χ0) is 17.3. The van der Waals surface area contributed by atoms with Gasteiger partial charge < -0.3 is 10.4 Å². The Morgan fingerprint density at radius 1 is 1.26 bits per heavy atom. The van der Waals surface area contributed by atoms with E-state index in [0.717, 1.165) is 5.56 Å². The number of aliphatic hydroxyl groups is 1. The summed E-state index contributed by atoms with van der Waals surface area (Å²) in [6.45, 7) is 3.96. The van der Waals surface area contributed by atoms with Crippen molar-refractivity contribution < 1.29 is 18.7 Å². The van der Waals surface area contributed by atoms with Crippen LogP contribution in [0.1, 0.15) is 57.6 Å². The number of halogens is 2. The molecule has 0 spiro atoms. The first-order valence-corrected chi connectivity index (χ1v) is 8.36. The molecule has 2 rings (SSSR count). The molecule has 1 saturated carbocycles. The van der Waals surface area contributed by atoms with Gasteiger partial charge in [-0.25, -0.2) is 8.78 Å². The van der Waals surface area contributed by atoms with Gasteiger partial charge in [-0.2, -0.15) is 0 Å². The highest BCUT2D eigenvalue weighted by Crippen LogP contribution is 2.36. The maximum absolute atomic E-state index is 13.1. The third-order valence-corrected chi connectivity index (χ3v) is 4.02. The maximum Gasteiger partial charge on any atom is 0.248 e. The number of carbonyl (C=O) groups is 1. The van der Waals surface area contributed by atoms with Gasteiger partial charge in [0, 0.05) is 25.4 Å². The van der Waals surface area contributed by atoms with Crippen molar-refractivity contribution in [3.8, 4) is 0 Å². The highest BCUT2D eigenvalue weighted by Gasteiger charge is 2.37. The number of aliphatic hydroxyl groups excluding tert-OH is 1. The van der Waals surface area contributed by atoms with Gasteiger partial charge in [0.25, 0.3) is 0 Å². The Hall–Kier alpha value is -1.49. The molecular weight excluding hydrogens is 300 g/mol. The Morgan fingerprint density at radius 3 is 2.35 bits per heavy atom. The van der Waals surface area contributed by atoms with E-state index in [1.807, 2.05) is 44.2 Å². The number of carbonyl (C=O) groups excluding carboxylic acids is 1. The first-order valence-electron chi connectivity index (χ1n) is 8.36. The summed E-state index contributed by atoms with van der Waals surface area (Å²) in [4.78, 5) is 12.2. The van der Waals surface area contributed by atoms with Crippen LogP contribution >= 0.6 is 0 Å². The van der Waals surface area contributed by atoms with E-state index in [2.05, 4.69) is 5.32 Å². The van der Waals surface area contributed by atoms with Crippen molar-refractivity contribution in [1.82, 2.24) is 5.32 Å². The molecule has 1 fully saturated rings. The lowest BCUT2D eigenvalue weighted by Gasteiger charge is -2.29. The third-order valence-electron chi connectivity index (χ3n) is 4.02. The van der Waals surface area contributed by atoms with Crippen LogP contribution in [0.2, 0.25) is 0 Å². The third kappa shape index (κ3) is 6.26. The predicted octanol–water partition coefficient (Wildman–Crippen LogP) is 4.08. The number of hydrogen-bond acceptors (Lipinski definition) is 2. The van der Waals surface area contributed by atoms with Gasteiger partial charge in [0.2, 0.25) is 11.8 Å². The molecule has 1 atom stereocenters. The fraction of sp³-hybridized carbons (Fsp3) is 0.611. The molecule has 130 valence electrons. The first kappa shape index (κ1) is 19.6. The normalized spacial score (nSPS) is 18.5. The maximum atomic E-state index is 13.1. The monoisotopic (exact) mass is 327 g/mol. The van der Waals surface area contributed by atoms with Crippen molar-refractivity contribution in [2.45, 2.75) is 57.9 Å². The van der Waals surface area contributed by atoms with Crippen LogP contribution in [0.5, 0.6) is 0 Å². The van der Waals surface area contributed by atoms with Crippen LogP contribution in [0.15, 0.2) is 30.3 Å². The number of alkyl halides is 2. The van der Waals surface area contributed by atoms with Crippen molar-refractivity contribution in [3.63, 3.8) is 0 Å². The molecule has 1 aromatic carbocycles. The van der Waals surface area contributed by atoms with Crippen LogP contribution in [0.25, 0.3) is 0 Å². The van der Waals surface area contributed by atoms with Gasteiger partial charge in [-0.1, -0.05) is 44.2 Å². The average molecular weight is 327 g/mol. The van der Waals surface area contributed by atoms with Crippen molar-refractivity contribution in [3.05, 3.63) is 35.9 Å². The van der Waals surface area contributed by atoms with Crippen LogP contribution in [0, 0.1) is 5.92 Å². The molecule has 1 aromatic rings. The molecule has 0 radical (unpaired) electrons. The van der Waals surface area contributed by atoms with E-state index in [9.17, 15) is 13.6 Å². The summed E-state index contributed by atoms with van der Waals surface area (Å²) in [6.07, 6.45) is 0.416. The van der Waals surface area contributed by atoms with Gasteiger partial charge in [0.15, 0.2) is 0 Å². The van der Waals surface area contributed by atoms with Gasteiger partial charge in [0.05, 0.1) is 6.04 Å². The topological polar surface area (TPSA) is 49.3 Å². The predicted molar refractivity (Wildman–Crippen MR) is 87.3 cm³/mol. The minimum Gasteiger partial charge on any atom is -0.396 e. The number of rotatable bonds is 5. The fourth-order valence-corrected chi connectivity index (χ4v) is 2.73. The van der Waals surface area contributed by atoms with Crippen LogP contribution in [0.3, 0.4) is 0 Å². The molecule has 1 amide bonds. The summed E-state index contributed by atoms with van der Waals surface area (Å²) >= 11 is 0. The van der Waals surface area contributed by atoms with Gasteiger partial charge in [-0.3, -0.25) is 4.79 Å². The van der Waals surface area contributed by atoms with Crippen molar-refractivity contribution >= 4 is 5.91 Å². The summed E-state index contributed by atoms with van der Waals surface area (Å²) in [5.41, 5.74) is 0.918. The smallest absolute Gasteiger partial charge is 0.248 e. The quantitative estimate of drug-likeness (QED) is 0.856. The minimum absolute atomic E-state index is 0.0391. The Morgan fingerprint density at radius 2 is 1.83 bits per heavy atom. The molecule has 0 saturated heterocycles. The Kier molecular flexibility index (Phi) is 8.17. The minimum atomic E-state index is -2.62. The van der Waals surface area contributed by atoms with E-state index < -0.39 is 5.92 Å². The summed E-state index contributed by atoms with van der Waals surface area (Å²) in [6, 6.07) is 9.11. The molecule has 1 aliphatic carbocycles. The molecule has 0 heterocycles. The second-order valence-corrected chi connectivity index (χ2v) is 5.61. The zero-order valence-electron chi connectivity index (χ0n) is 13.9. The molecule has 2 N–H and O–H groups in total. The summed E-state index contributed by atoms with van der Waals surface area (Å²) < 4.78 is 26.2. The molecule has 5 heteroatoms. The van der Waals surface area contributed by atoms with Gasteiger partial charge in [-0.15, -0.1) is 0 Å². The lowest BCUT2D eigenvalue weighted by atomic mass is 9.86. The number of hydrogen-bond donors (Lipinski definition) is 2. The average Bonchev–Trinajstić information content (AvgIpc) is 2.57. The van der Waals surface area contributed by atoms with Crippen molar-refractivity contribution in [1.29, 1.82) is 0 Å². The van der Waals surface area contributed by atoms with Crippen molar-refractivity contribution in [2.75, 3.05) is 6.61 Å². The molecular formula is C18H27F2NO2. The van der Waals surface area contributed by atoms with Crippen LogP contribution < -0.4 is 5.32 Å². The summed E-state index contributed by atoms with van der Waals surface area (Å²) in [5, 5.41) is 12.0. The van der Waals surface area contributed by atoms with E-state index >= 15 is 0 Å². The standard InChI is InChI=1S/C16H21F2NO2.C2H6/c17-16(18)9-6-13(7-10-16)15(21)19-14(8-11-20)12-4-2-1-3-5-12;1-2/h1-5,13-14,20H,6-11H2,(H,19,21);1-2H3. The van der Waals surface area contributed by atoms with E-state index in [0.29, 0.717) is 6.42 Å². The SMILES string of the molecule is CC.O=C(NC(CCO)c1ccccc1)C1CCC(F)(F)CC1. The second kappa shape index (κ2) is 9.60. The summed E-state index contributed by atoms with van der Waals surface area (Å²) in [5.74, 6) is -3.16. The molecule has 3 nitrogen and oxygen atoms in total. The van der Waals surface area contributed by atoms with Gasteiger partial charge in [0.1, 0.15) is 0 Å². The lowest BCUT2D eigenvalue weighted by Crippen LogP contribution is -2.38. The van der Waals surface area contributed by atoms with Crippen LogP contribution in [-0.2, 0) is 4.79 Å². The molecule has 1 aliphatic rings. The van der Waals surface area contributed by atoms with Gasteiger partial charge >= 0.3 is 0 Å². The number of benzene rings is 1.